The first-order valence-electron chi connectivity index (χ1n) is 16.0. The van der Waals surface area contributed by atoms with Crippen molar-refractivity contribution in [2.45, 2.75) is 44.4 Å². The minimum atomic E-state index is -1.04. The Bertz CT molecular complexity index is 1570. The quantitative estimate of drug-likeness (QED) is 0.116. The summed E-state index contributed by atoms with van der Waals surface area (Å²) in [5, 5.41) is 11.0. The zero-order chi connectivity index (χ0) is 34.6. The van der Waals surface area contributed by atoms with Crippen LogP contribution in [0.2, 0.25) is 10.0 Å². The number of ether oxygens (including phenoxy) is 6. The standard InChI is InChI=1S/C38H41Cl2NO8/c1-44-33-15-9-27(19-31(33)39)24-48-35-21-41(38(42)43)22-36(49-25-28-10-16-34(45-2)32(40)20-28)37(35)29-11-13-30(14-12-29)47-18-6-17-46-23-26-7-4-3-5-8-26/h3-5,7-16,19-20,35-37H,6,17-18,21-25H2,1-2H3,(H,42,43)/t35-,36+,37?. The van der Waals surface area contributed by atoms with E-state index in [9.17, 15) is 9.90 Å². The highest BCUT2D eigenvalue weighted by Crippen LogP contribution is 2.36. The summed E-state index contributed by atoms with van der Waals surface area (Å²) in [6.07, 6.45) is -1.34. The number of carbonyl (C=O) groups is 1. The van der Waals surface area contributed by atoms with E-state index in [1.807, 2.05) is 66.7 Å². The molecule has 1 saturated heterocycles. The molecule has 1 unspecified atom stereocenters. The van der Waals surface area contributed by atoms with Crippen LogP contribution in [0.5, 0.6) is 17.2 Å². The van der Waals surface area contributed by atoms with Gasteiger partial charge in [0.25, 0.3) is 0 Å². The third-order valence-corrected chi connectivity index (χ3v) is 8.90. The fourth-order valence-electron chi connectivity index (χ4n) is 5.78. The molecule has 5 rings (SSSR count). The molecule has 1 fully saturated rings. The van der Waals surface area contributed by atoms with Crippen LogP contribution in [-0.2, 0) is 34.0 Å². The molecule has 1 amide bonds. The van der Waals surface area contributed by atoms with Gasteiger partial charge in [0.15, 0.2) is 0 Å². The van der Waals surface area contributed by atoms with Crippen LogP contribution in [0.1, 0.15) is 34.6 Å². The van der Waals surface area contributed by atoms with Crippen molar-refractivity contribution in [3.8, 4) is 17.2 Å². The van der Waals surface area contributed by atoms with Gasteiger partial charge in [-0.05, 0) is 58.7 Å². The molecule has 0 spiro atoms. The van der Waals surface area contributed by atoms with Crippen LogP contribution in [-0.4, -0.2) is 68.8 Å². The summed E-state index contributed by atoms with van der Waals surface area (Å²) < 4.78 is 35.3. The minimum Gasteiger partial charge on any atom is -0.495 e. The average molecular weight is 711 g/mol. The predicted octanol–water partition coefficient (Wildman–Crippen LogP) is 8.24. The van der Waals surface area contributed by atoms with Crippen LogP contribution in [0.15, 0.2) is 91.0 Å². The van der Waals surface area contributed by atoms with E-state index >= 15 is 0 Å². The van der Waals surface area contributed by atoms with Gasteiger partial charge in [-0.25, -0.2) is 4.79 Å². The summed E-state index contributed by atoms with van der Waals surface area (Å²) >= 11 is 12.7. The number of likely N-dealkylation sites (tertiary alicyclic amines) is 1. The van der Waals surface area contributed by atoms with E-state index in [1.54, 1.807) is 38.5 Å². The first-order chi connectivity index (χ1) is 23.8. The lowest BCUT2D eigenvalue weighted by atomic mass is 9.84. The largest absolute Gasteiger partial charge is 0.495 e. The number of carboxylic acid groups (broad SMARTS) is 1. The summed E-state index contributed by atoms with van der Waals surface area (Å²) in [7, 11) is 3.12. The second-order valence-corrected chi connectivity index (χ2v) is 12.5. The van der Waals surface area contributed by atoms with Crippen LogP contribution in [0.4, 0.5) is 4.79 Å². The molecular formula is C38H41Cl2NO8. The van der Waals surface area contributed by atoms with Gasteiger partial charge in [0.1, 0.15) is 17.2 Å². The molecule has 260 valence electrons. The number of piperidine rings is 1. The Balaban J connectivity index is 1.29. The Morgan fingerprint density at radius 2 is 1.31 bits per heavy atom. The highest BCUT2D eigenvalue weighted by atomic mass is 35.5. The number of methoxy groups -OCH3 is 2. The number of benzene rings is 4. The molecule has 3 atom stereocenters. The molecule has 4 aromatic rings. The number of rotatable bonds is 16. The van der Waals surface area contributed by atoms with E-state index < -0.39 is 18.3 Å². The van der Waals surface area contributed by atoms with Crippen molar-refractivity contribution < 1.29 is 38.3 Å². The monoisotopic (exact) mass is 709 g/mol. The summed E-state index contributed by atoms with van der Waals surface area (Å²) in [5.74, 6) is 1.56. The lowest BCUT2D eigenvalue weighted by Crippen LogP contribution is -2.54. The Morgan fingerprint density at radius 3 is 1.82 bits per heavy atom. The van der Waals surface area contributed by atoms with E-state index in [1.165, 1.54) is 4.90 Å². The molecule has 1 aliphatic rings. The van der Waals surface area contributed by atoms with Gasteiger partial charge in [-0.15, -0.1) is 0 Å². The summed E-state index contributed by atoms with van der Waals surface area (Å²) in [6, 6.07) is 28.8. The molecule has 11 heteroatoms. The molecule has 1 heterocycles. The predicted molar refractivity (Wildman–Crippen MR) is 188 cm³/mol. The van der Waals surface area contributed by atoms with Crippen molar-refractivity contribution in [2.75, 3.05) is 40.5 Å². The van der Waals surface area contributed by atoms with Crippen molar-refractivity contribution in [3.63, 3.8) is 0 Å². The second-order valence-electron chi connectivity index (χ2n) is 11.7. The molecule has 9 nitrogen and oxygen atoms in total. The van der Waals surface area contributed by atoms with Crippen molar-refractivity contribution >= 4 is 29.3 Å². The van der Waals surface area contributed by atoms with Gasteiger partial charge in [0, 0.05) is 12.3 Å². The third kappa shape index (κ3) is 10.3. The smallest absolute Gasteiger partial charge is 0.407 e. The molecule has 0 bridgehead atoms. The third-order valence-electron chi connectivity index (χ3n) is 8.31. The number of amides is 1. The van der Waals surface area contributed by atoms with Crippen molar-refractivity contribution in [2.24, 2.45) is 0 Å². The number of nitrogens with zero attached hydrogens (tertiary/aromatic N) is 1. The number of hydrogen-bond acceptors (Lipinski definition) is 7. The van der Waals surface area contributed by atoms with Gasteiger partial charge < -0.3 is 38.4 Å². The Kier molecular flexibility index (Phi) is 13.4. The van der Waals surface area contributed by atoms with Gasteiger partial charge in [-0.1, -0.05) is 77.8 Å². The topological polar surface area (TPSA) is 95.9 Å². The van der Waals surface area contributed by atoms with Crippen LogP contribution < -0.4 is 14.2 Å². The first-order valence-corrected chi connectivity index (χ1v) is 16.8. The van der Waals surface area contributed by atoms with Gasteiger partial charge in [0.2, 0.25) is 0 Å². The zero-order valence-electron chi connectivity index (χ0n) is 27.6. The van der Waals surface area contributed by atoms with Gasteiger partial charge >= 0.3 is 6.09 Å². The fraction of sp³-hybridized carbons (Fsp3) is 0.342. The van der Waals surface area contributed by atoms with Crippen LogP contribution >= 0.6 is 23.2 Å². The van der Waals surface area contributed by atoms with E-state index in [0.717, 1.165) is 34.4 Å². The van der Waals surface area contributed by atoms with Crippen LogP contribution in [0.25, 0.3) is 0 Å². The average Bonchev–Trinajstić information content (AvgIpc) is 3.12. The van der Waals surface area contributed by atoms with Gasteiger partial charge in [0.05, 0.1) is 82.6 Å². The molecular weight excluding hydrogens is 669 g/mol. The summed E-state index contributed by atoms with van der Waals surface area (Å²) in [4.78, 5) is 13.6. The molecule has 0 aromatic heterocycles. The fourth-order valence-corrected chi connectivity index (χ4v) is 6.34. The number of halogens is 2. The lowest BCUT2D eigenvalue weighted by Gasteiger charge is -2.42. The highest BCUT2D eigenvalue weighted by molar-refractivity contribution is 6.32. The zero-order valence-corrected chi connectivity index (χ0v) is 29.1. The minimum absolute atomic E-state index is 0.166. The van der Waals surface area contributed by atoms with Crippen molar-refractivity contribution in [1.82, 2.24) is 4.90 Å². The van der Waals surface area contributed by atoms with Gasteiger partial charge in [-0.2, -0.15) is 0 Å². The van der Waals surface area contributed by atoms with E-state index in [2.05, 4.69) is 0 Å². The van der Waals surface area contributed by atoms with Crippen molar-refractivity contribution in [3.05, 3.63) is 123 Å². The molecule has 4 aromatic carbocycles. The summed E-state index contributed by atoms with van der Waals surface area (Å²) in [5.41, 5.74) is 3.75. The maximum atomic E-state index is 12.3. The SMILES string of the molecule is COc1ccc(CO[C@H]2CN(C(=O)O)C[C@@H](OCc3ccc(OC)c(Cl)c3)C2c2ccc(OCCCOCc3ccccc3)cc2)cc1Cl. The molecule has 0 radical (unpaired) electrons. The van der Waals surface area contributed by atoms with E-state index in [0.29, 0.717) is 41.4 Å². The highest BCUT2D eigenvalue weighted by Gasteiger charge is 2.41. The number of hydrogen-bond donors (Lipinski definition) is 1. The van der Waals surface area contributed by atoms with Crippen LogP contribution in [0, 0.1) is 0 Å². The Morgan fingerprint density at radius 1 is 0.735 bits per heavy atom. The molecule has 0 saturated carbocycles. The molecule has 1 N–H and O–H groups in total. The van der Waals surface area contributed by atoms with Crippen LogP contribution in [0.3, 0.4) is 0 Å². The summed E-state index contributed by atoms with van der Waals surface area (Å²) in [6.45, 7) is 2.43. The van der Waals surface area contributed by atoms with Crippen molar-refractivity contribution in [1.29, 1.82) is 0 Å². The molecule has 1 aliphatic heterocycles. The molecule has 49 heavy (non-hydrogen) atoms. The van der Waals surface area contributed by atoms with E-state index in [-0.39, 0.29) is 32.2 Å². The second kappa shape index (κ2) is 18.1. The maximum absolute atomic E-state index is 12.3. The maximum Gasteiger partial charge on any atom is 0.407 e. The first kappa shape index (κ1) is 36.3. The van der Waals surface area contributed by atoms with E-state index in [4.69, 9.17) is 51.6 Å². The molecule has 0 aliphatic carbocycles. The lowest BCUT2D eigenvalue weighted by molar-refractivity contribution is -0.0937. The normalized spacial score (nSPS) is 17.5. The Labute approximate surface area is 297 Å². The Hall–Kier alpha value is -3.99. The van der Waals surface area contributed by atoms with Gasteiger partial charge in [-0.3, -0.25) is 0 Å².